The van der Waals surface area contributed by atoms with Gasteiger partial charge in [0.05, 0.1) is 13.2 Å². The maximum Gasteiger partial charge on any atom is 0.254 e. The maximum atomic E-state index is 12.6. The minimum absolute atomic E-state index is 0.0696. The van der Waals surface area contributed by atoms with Gasteiger partial charge in [-0.1, -0.05) is 23.9 Å². The molecule has 7 nitrogen and oxygen atoms in total. The van der Waals surface area contributed by atoms with E-state index in [4.69, 9.17) is 4.74 Å². The van der Waals surface area contributed by atoms with E-state index in [0.717, 1.165) is 40.0 Å². The highest BCUT2D eigenvalue weighted by atomic mass is 32.2. The Bertz CT molecular complexity index is 953. The number of carbonyl (C=O) groups excluding carboxylic acids is 1. The summed E-state index contributed by atoms with van der Waals surface area (Å²) in [6.07, 6.45) is 3.52. The molecule has 0 bridgehead atoms. The lowest BCUT2D eigenvalue weighted by molar-refractivity contribution is 0.0303. The molecular weight excluding hydrogens is 386 g/mol. The van der Waals surface area contributed by atoms with Crippen molar-refractivity contribution < 1.29 is 9.53 Å². The molecular formula is C21H23N5O2S. The van der Waals surface area contributed by atoms with E-state index in [1.807, 2.05) is 41.3 Å². The van der Waals surface area contributed by atoms with Gasteiger partial charge in [-0.25, -0.2) is 0 Å². The molecule has 8 heteroatoms. The van der Waals surface area contributed by atoms with E-state index < -0.39 is 0 Å². The van der Waals surface area contributed by atoms with Gasteiger partial charge >= 0.3 is 0 Å². The summed E-state index contributed by atoms with van der Waals surface area (Å²) in [6.45, 7) is 5.41. The third-order valence-corrected chi connectivity index (χ3v) is 5.88. The predicted octanol–water partition coefficient (Wildman–Crippen LogP) is 3.12. The molecule has 1 aliphatic rings. The third kappa shape index (κ3) is 4.49. The van der Waals surface area contributed by atoms with Crippen LogP contribution in [0.3, 0.4) is 0 Å². The first-order chi connectivity index (χ1) is 14.3. The fourth-order valence-electron chi connectivity index (χ4n) is 3.24. The number of hydrogen-bond acceptors (Lipinski definition) is 6. The van der Waals surface area contributed by atoms with Crippen molar-refractivity contribution >= 4 is 17.7 Å². The van der Waals surface area contributed by atoms with Crippen molar-refractivity contribution in [1.29, 1.82) is 0 Å². The Morgan fingerprint density at radius 2 is 1.79 bits per heavy atom. The van der Waals surface area contributed by atoms with Gasteiger partial charge in [0.2, 0.25) is 0 Å². The summed E-state index contributed by atoms with van der Waals surface area (Å²) in [4.78, 5) is 18.5. The summed E-state index contributed by atoms with van der Waals surface area (Å²) < 4.78 is 7.42. The number of benzene rings is 1. The van der Waals surface area contributed by atoms with E-state index in [0.29, 0.717) is 26.3 Å². The molecule has 1 aromatic carbocycles. The second-order valence-electron chi connectivity index (χ2n) is 6.68. The fraction of sp³-hybridized carbons (Fsp3) is 0.333. The molecule has 0 unspecified atom stereocenters. The van der Waals surface area contributed by atoms with E-state index in [1.165, 1.54) is 0 Å². The molecule has 0 aliphatic carbocycles. The van der Waals surface area contributed by atoms with E-state index >= 15 is 0 Å². The molecule has 3 aromatic rings. The number of ether oxygens (including phenoxy) is 1. The largest absolute Gasteiger partial charge is 0.378 e. The smallest absolute Gasteiger partial charge is 0.254 e. The Kier molecular flexibility index (Phi) is 6.21. The Morgan fingerprint density at radius 3 is 2.48 bits per heavy atom. The average Bonchev–Trinajstić information content (AvgIpc) is 3.21. The lowest BCUT2D eigenvalue weighted by Gasteiger charge is -2.26. The van der Waals surface area contributed by atoms with Crippen LogP contribution >= 0.6 is 11.8 Å². The van der Waals surface area contributed by atoms with Gasteiger partial charge in [0.1, 0.15) is 0 Å². The van der Waals surface area contributed by atoms with Gasteiger partial charge in [-0.3, -0.25) is 9.78 Å². The predicted molar refractivity (Wildman–Crippen MR) is 112 cm³/mol. The molecule has 1 amide bonds. The van der Waals surface area contributed by atoms with E-state index in [2.05, 4.69) is 26.7 Å². The topological polar surface area (TPSA) is 73.1 Å². The van der Waals surface area contributed by atoms with Crippen LogP contribution in [-0.4, -0.2) is 56.9 Å². The van der Waals surface area contributed by atoms with Crippen LogP contribution in [0.1, 0.15) is 22.8 Å². The van der Waals surface area contributed by atoms with E-state index in [1.54, 1.807) is 24.2 Å². The first-order valence-corrected chi connectivity index (χ1v) is 10.7. The van der Waals surface area contributed by atoms with Crippen LogP contribution in [-0.2, 0) is 17.0 Å². The van der Waals surface area contributed by atoms with Crippen molar-refractivity contribution in [2.24, 2.45) is 0 Å². The van der Waals surface area contributed by atoms with Gasteiger partial charge in [0.25, 0.3) is 5.91 Å². The van der Waals surface area contributed by atoms with Crippen molar-refractivity contribution in [3.63, 3.8) is 0 Å². The monoisotopic (exact) mass is 409 g/mol. The Hall–Kier alpha value is -2.71. The Labute approximate surface area is 174 Å². The van der Waals surface area contributed by atoms with Crippen LogP contribution in [0.4, 0.5) is 0 Å². The van der Waals surface area contributed by atoms with Crippen LogP contribution in [0.15, 0.2) is 53.9 Å². The minimum atomic E-state index is 0.0696. The number of pyridine rings is 1. The lowest BCUT2D eigenvalue weighted by atomic mass is 10.1. The Morgan fingerprint density at radius 1 is 1.07 bits per heavy atom. The average molecular weight is 410 g/mol. The van der Waals surface area contributed by atoms with Crippen molar-refractivity contribution in [3.05, 3.63) is 59.9 Å². The van der Waals surface area contributed by atoms with Gasteiger partial charge in [-0.15, -0.1) is 10.2 Å². The summed E-state index contributed by atoms with van der Waals surface area (Å²) in [6, 6.07) is 11.7. The minimum Gasteiger partial charge on any atom is -0.378 e. The number of nitrogens with zero attached hydrogens (tertiary/aromatic N) is 5. The summed E-state index contributed by atoms with van der Waals surface area (Å²) in [5, 5.41) is 9.61. The number of carbonyl (C=O) groups is 1. The van der Waals surface area contributed by atoms with Crippen molar-refractivity contribution in [3.8, 4) is 11.4 Å². The summed E-state index contributed by atoms with van der Waals surface area (Å²) >= 11 is 1.64. The third-order valence-electron chi connectivity index (χ3n) is 4.84. The molecule has 29 heavy (non-hydrogen) atoms. The van der Waals surface area contributed by atoms with Gasteiger partial charge < -0.3 is 14.2 Å². The molecule has 0 saturated carbocycles. The van der Waals surface area contributed by atoms with Crippen molar-refractivity contribution in [1.82, 2.24) is 24.6 Å². The van der Waals surface area contributed by atoms with Crippen LogP contribution in [0.2, 0.25) is 0 Å². The molecule has 0 N–H and O–H groups in total. The summed E-state index contributed by atoms with van der Waals surface area (Å²) in [7, 11) is 0. The first-order valence-electron chi connectivity index (χ1n) is 9.68. The second kappa shape index (κ2) is 9.19. The summed E-state index contributed by atoms with van der Waals surface area (Å²) in [5.41, 5.74) is 2.87. The molecule has 4 rings (SSSR count). The van der Waals surface area contributed by atoms with Crippen molar-refractivity contribution in [2.75, 3.05) is 26.3 Å². The molecule has 0 radical (unpaired) electrons. The van der Waals surface area contributed by atoms with Crippen LogP contribution in [0, 0.1) is 0 Å². The zero-order valence-electron chi connectivity index (χ0n) is 16.3. The van der Waals surface area contributed by atoms with Gasteiger partial charge in [0, 0.05) is 48.9 Å². The molecule has 1 aliphatic heterocycles. The lowest BCUT2D eigenvalue weighted by Crippen LogP contribution is -2.40. The summed E-state index contributed by atoms with van der Waals surface area (Å²) in [5.74, 6) is 1.68. The maximum absolute atomic E-state index is 12.6. The molecule has 150 valence electrons. The highest BCUT2D eigenvalue weighted by Crippen LogP contribution is 2.26. The highest BCUT2D eigenvalue weighted by molar-refractivity contribution is 7.98. The van der Waals surface area contributed by atoms with Gasteiger partial charge in [-0.2, -0.15) is 0 Å². The number of rotatable bonds is 6. The van der Waals surface area contributed by atoms with Crippen molar-refractivity contribution in [2.45, 2.75) is 24.4 Å². The number of aromatic nitrogens is 4. The van der Waals surface area contributed by atoms with Gasteiger partial charge in [0.15, 0.2) is 11.0 Å². The van der Waals surface area contributed by atoms with Crippen LogP contribution in [0.5, 0.6) is 0 Å². The molecule has 1 fully saturated rings. The number of morpholine rings is 1. The normalized spacial score (nSPS) is 14.2. The highest BCUT2D eigenvalue weighted by Gasteiger charge is 2.18. The van der Waals surface area contributed by atoms with Gasteiger partial charge in [-0.05, 0) is 36.8 Å². The molecule has 1 saturated heterocycles. The number of thioether (sulfide) groups is 1. The first kappa shape index (κ1) is 19.6. The standard InChI is InChI=1S/C21H23N5O2S/c1-2-26-19(17-7-9-22-10-8-17)23-24-21(26)29-15-16-3-5-18(6-4-16)20(27)25-11-13-28-14-12-25/h3-10H,2,11-15H2,1H3. The Balaban J connectivity index is 1.42. The zero-order valence-corrected chi connectivity index (χ0v) is 17.1. The zero-order chi connectivity index (χ0) is 20.1. The quantitative estimate of drug-likeness (QED) is 0.583. The molecule has 0 atom stereocenters. The molecule has 2 aromatic heterocycles. The van der Waals surface area contributed by atoms with E-state index in [-0.39, 0.29) is 5.91 Å². The van der Waals surface area contributed by atoms with Crippen LogP contribution in [0.25, 0.3) is 11.4 Å². The molecule has 0 spiro atoms. The van der Waals surface area contributed by atoms with Crippen LogP contribution < -0.4 is 0 Å². The SMILES string of the molecule is CCn1c(SCc2ccc(C(=O)N3CCOCC3)cc2)nnc1-c1ccncc1. The van der Waals surface area contributed by atoms with E-state index in [9.17, 15) is 4.79 Å². The fourth-order valence-corrected chi connectivity index (χ4v) is 4.19. The number of hydrogen-bond donors (Lipinski definition) is 0. The second-order valence-corrected chi connectivity index (χ2v) is 7.62. The number of amides is 1. The molecule has 3 heterocycles.